The van der Waals surface area contributed by atoms with Crippen LogP contribution in [0.25, 0.3) is 71.6 Å². The number of benzene rings is 6. The molecule has 0 unspecified atom stereocenters. The second-order valence-electron chi connectivity index (χ2n) is 15.8. The summed E-state index contributed by atoms with van der Waals surface area (Å²) in [5.74, 6) is 3.42. The predicted octanol–water partition coefficient (Wildman–Crippen LogP) is 11.8. The lowest BCUT2D eigenvalue weighted by atomic mass is 9.43. The maximum Gasteiger partial charge on any atom is 0.0541 e. The Morgan fingerprint density at radius 2 is 1.02 bits per heavy atom. The van der Waals surface area contributed by atoms with E-state index in [1.165, 1.54) is 104 Å². The fourth-order valence-electron chi connectivity index (χ4n) is 12.1. The van der Waals surface area contributed by atoms with Gasteiger partial charge in [-0.3, -0.25) is 0 Å². The zero-order chi connectivity index (χ0) is 32.0. The number of rotatable bonds is 2. The first-order valence-corrected chi connectivity index (χ1v) is 18.4. The normalized spacial score (nSPS) is 24.9. The van der Waals surface area contributed by atoms with Gasteiger partial charge < -0.3 is 9.13 Å². The van der Waals surface area contributed by atoms with Crippen LogP contribution in [0, 0.1) is 23.7 Å². The van der Waals surface area contributed by atoms with Gasteiger partial charge in [-0.15, -0.1) is 0 Å². The number of para-hydroxylation sites is 2. The summed E-state index contributed by atoms with van der Waals surface area (Å²) < 4.78 is 4.86. The molecule has 5 aliphatic carbocycles. The summed E-state index contributed by atoms with van der Waals surface area (Å²) in [6, 6.07) is 48.9. The van der Waals surface area contributed by atoms with Gasteiger partial charge in [0.1, 0.15) is 0 Å². The Balaban J connectivity index is 1.06. The Labute approximate surface area is 286 Å². The monoisotopic (exact) mass is 630 g/mol. The molecule has 2 nitrogen and oxygen atoms in total. The minimum absolute atomic E-state index is 0.168. The molecular weight excluding hydrogens is 593 g/mol. The number of aromatic nitrogens is 2. The lowest BCUT2D eigenvalue weighted by Gasteiger charge is -2.61. The molecule has 2 heteroatoms. The summed E-state index contributed by atoms with van der Waals surface area (Å²) in [6.07, 6.45) is 7.12. The summed E-state index contributed by atoms with van der Waals surface area (Å²) >= 11 is 0. The van der Waals surface area contributed by atoms with Crippen molar-refractivity contribution in [1.29, 1.82) is 0 Å². The molecule has 49 heavy (non-hydrogen) atoms. The summed E-state index contributed by atoms with van der Waals surface area (Å²) in [5.41, 5.74) is 15.3. The summed E-state index contributed by atoms with van der Waals surface area (Å²) in [4.78, 5) is 0. The maximum atomic E-state index is 2.63. The molecule has 0 saturated heterocycles. The second-order valence-corrected chi connectivity index (χ2v) is 15.8. The zero-order valence-corrected chi connectivity index (χ0v) is 27.9. The minimum Gasteiger partial charge on any atom is -0.344 e. The molecule has 0 atom stereocenters. The predicted molar refractivity (Wildman–Crippen MR) is 203 cm³/mol. The van der Waals surface area contributed by atoms with E-state index in [4.69, 9.17) is 0 Å². The van der Waals surface area contributed by atoms with Crippen molar-refractivity contribution in [2.75, 3.05) is 0 Å². The molecule has 2 aromatic heterocycles. The number of hydrogen-bond acceptors (Lipinski definition) is 0. The maximum absolute atomic E-state index is 2.63. The molecule has 1 spiro atoms. The first-order valence-electron chi connectivity index (χ1n) is 18.4. The van der Waals surface area contributed by atoms with Gasteiger partial charge in [0.2, 0.25) is 0 Å². The Hall–Kier alpha value is -5.08. The minimum atomic E-state index is 0.168. The van der Waals surface area contributed by atoms with Crippen LogP contribution < -0.4 is 0 Å². The SMILES string of the molecule is Cn1c2ccccc2c2cc(-c3ccc4c(c3)c3ccccc3n4-c3ccc4c(c3)C3(c5ccccc5-4)C4CC5CC(C4)CC3C5)ccc21. The van der Waals surface area contributed by atoms with Crippen LogP contribution in [-0.4, -0.2) is 9.13 Å². The summed E-state index contributed by atoms with van der Waals surface area (Å²) in [5, 5.41) is 5.27. The third-order valence-corrected chi connectivity index (χ3v) is 13.7. The molecule has 0 N–H and O–H groups in total. The van der Waals surface area contributed by atoms with Crippen molar-refractivity contribution >= 4 is 43.6 Å². The van der Waals surface area contributed by atoms with Crippen LogP contribution in [0.2, 0.25) is 0 Å². The van der Waals surface area contributed by atoms with Crippen molar-refractivity contribution in [3.8, 4) is 27.9 Å². The molecule has 13 rings (SSSR count). The molecule has 0 aliphatic heterocycles. The van der Waals surface area contributed by atoms with Gasteiger partial charge in [0.25, 0.3) is 0 Å². The highest BCUT2D eigenvalue weighted by atomic mass is 15.0. The Bertz CT molecular complexity index is 2670. The van der Waals surface area contributed by atoms with Crippen molar-refractivity contribution in [3.63, 3.8) is 0 Å². The second kappa shape index (κ2) is 9.33. The fraction of sp³-hybridized carbons (Fsp3) is 0.234. The number of nitrogens with zero attached hydrogens (tertiary/aromatic N) is 2. The quantitative estimate of drug-likeness (QED) is 0.180. The largest absolute Gasteiger partial charge is 0.344 e. The Morgan fingerprint density at radius 3 is 1.78 bits per heavy atom. The van der Waals surface area contributed by atoms with E-state index < -0.39 is 0 Å². The van der Waals surface area contributed by atoms with Gasteiger partial charge in [-0.2, -0.15) is 0 Å². The molecule has 4 bridgehead atoms. The van der Waals surface area contributed by atoms with Crippen LogP contribution in [0.1, 0.15) is 43.2 Å². The average Bonchev–Trinajstić information content (AvgIpc) is 3.73. The first-order chi connectivity index (χ1) is 24.2. The Morgan fingerprint density at radius 1 is 0.469 bits per heavy atom. The molecule has 6 aromatic carbocycles. The third kappa shape index (κ3) is 3.33. The average molecular weight is 631 g/mol. The van der Waals surface area contributed by atoms with Crippen LogP contribution in [0.4, 0.5) is 0 Å². The highest BCUT2D eigenvalue weighted by Crippen LogP contribution is 2.69. The molecule has 8 aromatic rings. The smallest absolute Gasteiger partial charge is 0.0541 e. The van der Waals surface area contributed by atoms with E-state index in [9.17, 15) is 0 Å². The standard InChI is InChI=1S/C47H38N2/c1-48-43-12-6-3-9-37(43)39-25-30(14-18-44(39)48)31-15-19-46-40(26-31)38-10-4-7-13-45(38)49(46)34-16-17-36-35-8-2-5-11-41(35)47(42(36)27-34)32-21-28-20-29(23-32)24-33(47)22-28/h2-19,25-29,32-33H,20-24H2,1H3. The van der Waals surface area contributed by atoms with E-state index in [1.807, 2.05) is 0 Å². The van der Waals surface area contributed by atoms with Gasteiger partial charge in [0, 0.05) is 50.7 Å². The van der Waals surface area contributed by atoms with Crippen molar-refractivity contribution in [3.05, 3.63) is 139 Å². The third-order valence-electron chi connectivity index (χ3n) is 13.7. The van der Waals surface area contributed by atoms with E-state index in [0.29, 0.717) is 0 Å². The summed E-state index contributed by atoms with van der Waals surface area (Å²) in [6.45, 7) is 0. The van der Waals surface area contributed by atoms with E-state index in [0.717, 1.165) is 23.7 Å². The van der Waals surface area contributed by atoms with E-state index >= 15 is 0 Å². The van der Waals surface area contributed by atoms with Crippen LogP contribution >= 0.6 is 0 Å². The molecule has 4 saturated carbocycles. The van der Waals surface area contributed by atoms with Gasteiger partial charge in [-0.05, 0) is 138 Å². The summed E-state index contributed by atoms with van der Waals surface area (Å²) in [7, 11) is 2.17. The first kappa shape index (κ1) is 26.8. The molecule has 5 aliphatic rings. The highest BCUT2D eigenvalue weighted by Gasteiger charge is 2.61. The van der Waals surface area contributed by atoms with Crippen LogP contribution in [0.15, 0.2) is 127 Å². The molecule has 4 fully saturated rings. The van der Waals surface area contributed by atoms with Crippen molar-refractivity contribution < 1.29 is 0 Å². The van der Waals surface area contributed by atoms with E-state index in [-0.39, 0.29) is 5.41 Å². The lowest BCUT2D eigenvalue weighted by molar-refractivity contribution is -0.0399. The molecule has 0 amide bonds. The van der Waals surface area contributed by atoms with E-state index in [1.54, 1.807) is 11.1 Å². The van der Waals surface area contributed by atoms with Crippen molar-refractivity contribution in [2.24, 2.45) is 30.7 Å². The van der Waals surface area contributed by atoms with Crippen LogP contribution in [-0.2, 0) is 12.5 Å². The number of hydrogen-bond donors (Lipinski definition) is 0. The zero-order valence-electron chi connectivity index (χ0n) is 27.9. The number of aryl methyl sites for hydroxylation is 1. The van der Waals surface area contributed by atoms with Gasteiger partial charge >= 0.3 is 0 Å². The van der Waals surface area contributed by atoms with Crippen LogP contribution in [0.3, 0.4) is 0 Å². The van der Waals surface area contributed by atoms with Crippen molar-refractivity contribution in [1.82, 2.24) is 9.13 Å². The molecule has 236 valence electrons. The van der Waals surface area contributed by atoms with Crippen LogP contribution in [0.5, 0.6) is 0 Å². The topological polar surface area (TPSA) is 9.86 Å². The van der Waals surface area contributed by atoms with E-state index in [2.05, 4.69) is 144 Å². The lowest BCUT2D eigenvalue weighted by Crippen LogP contribution is -2.55. The van der Waals surface area contributed by atoms with Gasteiger partial charge in [0.15, 0.2) is 0 Å². The molecule has 2 heterocycles. The highest BCUT2D eigenvalue weighted by molar-refractivity contribution is 6.12. The fourth-order valence-corrected chi connectivity index (χ4v) is 12.1. The van der Waals surface area contributed by atoms with Crippen molar-refractivity contribution in [2.45, 2.75) is 37.5 Å². The Kier molecular flexibility index (Phi) is 5.11. The molecular formula is C47H38N2. The van der Waals surface area contributed by atoms with Gasteiger partial charge in [0.05, 0.1) is 11.0 Å². The van der Waals surface area contributed by atoms with Gasteiger partial charge in [-0.1, -0.05) is 78.9 Å². The van der Waals surface area contributed by atoms with Gasteiger partial charge in [-0.25, -0.2) is 0 Å². The number of fused-ring (bicyclic) bond motifs is 9. The molecule has 0 radical (unpaired) electrons.